The number of halogens is 3. The number of fused-ring (bicyclic) bond motifs is 1. The van der Waals surface area contributed by atoms with Crippen LogP contribution in [0.1, 0.15) is 21.7 Å². The molecule has 0 unspecified atom stereocenters. The van der Waals surface area contributed by atoms with Crippen molar-refractivity contribution >= 4 is 5.91 Å². The van der Waals surface area contributed by atoms with Crippen LogP contribution < -0.4 is 5.32 Å². The molecular weight excluding hydrogens is 209 g/mol. The normalized spacial score (nSPS) is 15.8. The van der Waals surface area contributed by atoms with Crippen LogP contribution in [0.15, 0.2) is 12.1 Å². The number of pyridine rings is 1. The zero-order chi connectivity index (χ0) is 11.1. The Morgan fingerprint density at radius 2 is 2.07 bits per heavy atom. The van der Waals surface area contributed by atoms with Crippen LogP contribution in [0.4, 0.5) is 13.2 Å². The van der Waals surface area contributed by atoms with E-state index in [1.165, 1.54) is 6.07 Å². The molecule has 1 aromatic heterocycles. The molecule has 2 heterocycles. The molecule has 1 amide bonds. The first-order chi connectivity index (χ1) is 6.98. The predicted octanol–water partition coefficient (Wildman–Crippen LogP) is 1.39. The molecule has 0 aliphatic carbocycles. The summed E-state index contributed by atoms with van der Waals surface area (Å²) in [4.78, 5) is 14.7. The van der Waals surface area contributed by atoms with Gasteiger partial charge in [0.1, 0.15) is 5.69 Å². The molecule has 3 nitrogen and oxygen atoms in total. The standard InChI is InChI=1S/C9H7F3N2O/c10-9(11,12)7-2-1-5-6(14-7)3-4-13-8(5)15/h1-2H,3-4H2,(H,13,15). The van der Waals surface area contributed by atoms with E-state index in [1.54, 1.807) is 0 Å². The highest BCUT2D eigenvalue weighted by molar-refractivity contribution is 5.96. The van der Waals surface area contributed by atoms with E-state index in [-0.39, 0.29) is 17.2 Å². The van der Waals surface area contributed by atoms with Crippen LogP contribution in [0.5, 0.6) is 0 Å². The van der Waals surface area contributed by atoms with Crippen LogP contribution >= 0.6 is 0 Å². The Balaban J connectivity index is 2.46. The number of hydrogen-bond donors (Lipinski definition) is 1. The Morgan fingerprint density at radius 3 is 2.73 bits per heavy atom. The fourth-order valence-corrected chi connectivity index (χ4v) is 1.45. The van der Waals surface area contributed by atoms with E-state index >= 15 is 0 Å². The Labute approximate surface area is 83.3 Å². The van der Waals surface area contributed by atoms with Crippen molar-refractivity contribution in [2.45, 2.75) is 12.6 Å². The largest absolute Gasteiger partial charge is 0.433 e. The van der Waals surface area contributed by atoms with Gasteiger partial charge in [0.05, 0.1) is 11.3 Å². The van der Waals surface area contributed by atoms with Gasteiger partial charge < -0.3 is 5.32 Å². The van der Waals surface area contributed by atoms with Gasteiger partial charge in [0, 0.05) is 13.0 Å². The molecule has 0 saturated carbocycles. The number of hydrogen-bond acceptors (Lipinski definition) is 2. The van der Waals surface area contributed by atoms with Gasteiger partial charge in [-0.2, -0.15) is 13.2 Å². The second-order valence-corrected chi connectivity index (χ2v) is 3.19. The maximum atomic E-state index is 12.3. The molecule has 0 radical (unpaired) electrons. The van der Waals surface area contributed by atoms with Gasteiger partial charge in [0.15, 0.2) is 0 Å². The van der Waals surface area contributed by atoms with Gasteiger partial charge in [0.25, 0.3) is 5.91 Å². The molecule has 80 valence electrons. The molecule has 0 saturated heterocycles. The Morgan fingerprint density at radius 1 is 1.33 bits per heavy atom. The first-order valence-electron chi connectivity index (χ1n) is 4.34. The highest BCUT2D eigenvalue weighted by atomic mass is 19.4. The molecule has 6 heteroatoms. The van der Waals surface area contributed by atoms with Crippen LogP contribution in [0, 0.1) is 0 Å². The summed E-state index contributed by atoms with van der Waals surface area (Å²) in [7, 11) is 0. The topological polar surface area (TPSA) is 42.0 Å². The quantitative estimate of drug-likeness (QED) is 0.712. The molecule has 1 aliphatic rings. The zero-order valence-corrected chi connectivity index (χ0v) is 7.56. The molecule has 0 bridgehead atoms. The third kappa shape index (κ3) is 1.79. The van der Waals surface area contributed by atoms with E-state index in [0.29, 0.717) is 13.0 Å². The van der Waals surface area contributed by atoms with Gasteiger partial charge in [-0.15, -0.1) is 0 Å². The van der Waals surface area contributed by atoms with Gasteiger partial charge >= 0.3 is 6.18 Å². The van der Waals surface area contributed by atoms with Gasteiger partial charge in [0.2, 0.25) is 0 Å². The lowest BCUT2D eigenvalue weighted by molar-refractivity contribution is -0.141. The summed E-state index contributed by atoms with van der Waals surface area (Å²) in [6.07, 6.45) is -4.12. The molecule has 1 aliphatic heterocycles. The second-order valence-electron chi connectivity index (χ2n) is 3.19. The lowest BCUT2D eigenvalue weighted by Gasteiger charge is -2.16. The summed E-state index contributed by atoms with van der Waals surface area (Å²) in [5.74, 6) is -0.363. The van der Waals surface area contributed by atoms with Gasteiger partial charge in [-0.25, -0.2) is 4.98 Å². The SMILES string of the molecule is O=C1NCCc2nc(C(F)(F)F)ccc21. The minimum Gasteiger partial charge on any atom is -0.352 e. The Bertz CT molecular complexity index is 414. The fraction of sp³-hybridized carbons (Fsp3) is 0.333. The summed E-state index contributed by atoms with van der Waals surface area (Å²) in [5.41, 5.74) is -0.501. The van der Waals surface area contributed by atoms with E-state index < -0.39 is 11.9 Å². The van der Waals surface area contributed by atoms with E-state index in [0.717, 1.165) is 6.07 Å². The maximum Gasteiger partial charge on any atom is 0.433 e. The van der Waals surface area contributed by atoms with Gasteiger partial charge in [-0.3, -0.25) is 4.79 Å². The van der Waals surface area contributed by atoms with Crippen molar-refractivity contribution < 1.29 is 18.0 Å². The van der Waals surface area contributed by atoms with Gasteiger partial charge in [-0.1, -0.05) is 0 Å². The number of carbonyl (C=O) groups excluding carboxylic acids is 1. The number of alkyl halides is 3. The number of nitrogens with zero attached hydrogens (tertiary/aromatic N) is 1. The lowest BCUT2D eigenvalue weighted by Crippen LogP contribution is -2.33. The molecule has 1 N–H and O–H groups in total. The van der Waals surface area contributed by atoms with Crippen molar-refractivity contribution in [1.82, 2.24) is 10.3 Å². The highest BCUT2D eigenvalue weighted by Gasteiger charge is 2.33. The summed E-state index contributed by atoms with van der Waals surface area (Å²) in [5, 5.41) is 2.54. The third-order valence-electron chi connectivity index (χ3n) is 2.16. The number of nitrogens with one attached hydrogen (secondary N) is 1. The van der Waals surface area contributed by atoms with E-state index in [9.17, 15) is 18.0 Å². The summed E-state index contributed by atoms with van der Waals surface area (Å²) >= 11 is 0. The number of aromatic nitrogens is 1. The first kappa shape index (κ1) is 9.95. The number of carbonyl (C=O) groups is 1. The third-order valence-corrected chi connectivity index (χ3v) is 2.16. The molecule has 1 aromatic rings. The lowest BCUT2D eigenvalue weighted by atomic mass is 10.1. The number of rotatable bonds is 0. The molecule has 2 rings (SSSR count). The van der Waals surface area contributed by atoms with Crippen LogP contribution in [-0.2, 0) is 12.6 Å². The summed E-state index contributed by atoms with van der Waals surface area (Å²) < 4.78 is 36.9. The summed E-state index contributed by atoms with van der Waals surface area (Å²) in [6.45, 7) is 0.333. The van der Waals surface area contributed by atoms with Crippen molar-refractivity contribution in [1.29, 1.82) is 0 Å². The van der Waals surface area contributed by atoms with Crippen molar-refractivity contribution in [3.63, 3.8) is 0 Å². The monoisotopic (exact) mass is 216 g/mol. The van der Waals surface area contributed by atoms with Crippen LogP contribution in [0.3, 0.4) is 0 Å². The smallest absolute Gasteiger partial charge is 0.352 e. The summed E-state index contributed by atoms with van der Waals surface area (Å²) in [6, 6.07) is 1.99. The van der Waals surface area contributed by atoms with Crippen LogP contribution in [0.25, 0.3) is 0 Å². The van der Waals surface area contributed by atoms with Crippen molar-refractivity contribution in [3.8, 4) is 0 Å². The predicted molar refractivity (Wildman–Crippen MR) is 45.3 cm³/mol. The first-order valence-corrected chi connectivity index (χ1v) is 4.34. The van der Waals surface area contributed by atoms with Crippen LogP contribution in [0.2, 0.25) is 0 Å². The Kier molecular flexibility index (Phi) is 2.13. The minimum atomic E-state index is -4.46. The number of amides is 1. The minimum absolute atomic E-state index is 0.216. The zero-order valence-electron chi connectivity index (χ0n) is 7.56. The average molecular weight is 216 g/mol. The van der Waals surface area contributed by atoms with E-state index in [2.05, 4.69) is 10.3 Å². The van der Waals surface area contributed by atoms with Crippen molar-refractivity contribution in [2.24, 2.45) is 0 Å². The molecule has 15 heavy (non-hydrogen) atoms. The van der Waals surface area contributed by atoms with Crippen LogP contribution in [-0.4, -0.2) is 17.4 Å². The molecular formula is C9H7F3N2O. The van der Waals surface area contributed by atoms with E-state index in [4.69, 9.17) is 0 Å². The molecule has 0 atom stereocenters. The molecule has 0 spiro atoms. The van der Waals surface area contributed by atoms with Gasteiger partial charge in [-0.05, 0) is 12.1 Å². The molecule has 0 aromatic carbocycles. The maximum absolute atomic E-state index is 12.3. The van der Waals surface area contributed by atoms with Crippen molar-refractivity contribution in [2.75, 3.05) is 6.54 Å². The fourth-order valence-electron chi connectivity index (χ4n) is 1.45. The molecule has 0 fully saturated rings. The Hall–Kier alpha value is -1.59. The second kappa shape index (κ2) is 3.22. The van der Waals surface area contributed by atoms with Crippen molar-refractivity contribution in [3.05, 3.63) is 29.1 Å². The average Bonchev–Trinajstić information content (AvgIpc) is 2.16. The van der Waals surface area contributed by atoms with E-state index in [1.807, 2.05) is 0 Å². The highest BCUT2D eigenvalue weighted by Crippen LogP contribution is 2.28.